The van der Waals surface area contributed by atoms with E-state index < -0.39 is 76.1 Å². The van der Waals surface area contributed by atoms with Gasteiger partial charge in [-0.05, 0) is 145 Å². The number of carbonyl (C=O) groups is 11. The SMILES string of the molecule is CCCC(S)CCCCC(=O)NCCOC(=O)C(C)(CC)CC(C)(C)C(=O)NCCC[N+](C)(C)CC(=O)O.CCCC(S)CCCCC(=O)NCCOC(=O)C(C)(CC)CC(C)(C)C(=O)OCCOP(=O)([O-])OCC[N+](C)(C)C.CCCC(S)CCCCC(=O)NCCOC(=O)C(C)(CC)CC(C)(C)C(=O)OCC[N+](C)(C)CC(=O)[O-]. The van der Waals surface area contributed by atoms with Crippen LogP contribution in [-0.4, -0.2) is 254 Å². The molecule has 0 aliphatic rings. The van der Waals surface area contributed by atoms with Crippen molar-refractivity contribution in [3.63, 3.8) is 0 Å². The highest BCUT2D eigenvalue weighted by molar-refractivity contribution is 7.81. The Morgan fingerprint density at radius 2 is 0.724 bits per heavy atom. The smallest absolute Gasteiger partial charge is 0.359 e. The lowest BCUT2D eigenvalue weighted by Crippen LogP contribution is -2.50. The van der Waals surface area contributed by atoms with Crippen LogP contribution in [0.25, 0.3) is 0 Å². The fraction of sp³-hybridized carbons (Fsp3) is 0.867. The maximum absolute atomic E-state index is 12.9. The molecule has 0 heterocycles. The van der Waals surface area contributed by atoms with Gasteiger partial charge in [-0.2, -0.15) is 37.9 Å². The molecule has 33 heteroatoms. The van der Waals surface area contributed by atoms with Gasteiger partial charge >= 0.3 is 35.8 Å². The molecule has 0 saturated carbocycles. The number of unbranched alkanes of at least 4 members (excludes halogenated alkanes) is 3. The molecule has 0 spiro atoms. The topological polar surface area (TPSA) is 384 Å². The van der Waals surface area contributed by atoms with E-state index in [1.165, 1.54) is 0 Å². The number of thiol groups is 3. The average Bonchev–Trinajstić information content (AvgIpc) is 0.825. The summed E-state index contributed by atoms with van der Waals surface area (Å²) in [6.45, 7) is 29.6. The number of phosphoric acid groups is 1. The number of carboxylic acids is 2. The van der Waals surface area contributed by atoms with Crippen LogP contribution in [0.1, 0.15) is 264 Å². The Labute approximate surface area is 714 Å². The molecule has 0 bridgehead atoms. The number of ether oxygens (including phenoxy) is 5. The van der Waals surface area contributed by atoms with E-state index in [1.54, 1.807) is 55.6 Å². The second kappa shape index (κ2) is 59.0. The van der Waals surface area contributed by atoms with Crippen molar-refractivity contribution in [1.29, 1.82) is 0 Å². The summed E-state index contributed by atoms with van der Waals surface area (Å²) in [5.74, 6) is -4.68. The van der Waals surface area contributed by atoms with Crippen LogP contribution in [0.2, 0.25) is 0 Å². The number of nitrogens with zero attached hydrogens (tertiary/aromatic N) is 3. The van der Waals surface area contributed by atoms with Crippen LogP contribution in [0, 0.1) is 32.5 Å². The predicted molar refractivity (Wildman–Crippen MR) is 459 cm³/mol. The van der Waals surface area contributed by atoms with Crippen LogP contribution in [0.15, 0.2) is 0 Å². The largest absolute Gasteiger partial charge is 0.756 e. The van der Waals surface area contributed by atoms with Crippen molar-refractivity contribution in [3.05, 3.63) is 0 Å². The molecule has 0 aliphatic heterocycles. The molecule has 0 aromatic heterocycles. The van der Waals surface area contributed by atoms with Crippen molar-refractivity contribution in [2.45, 2.75) is 280 Å². The summed E-state index contributed by atoms with van der Waals surface area (Å²) in [6.07, 6.45) is 18.9. The fourth-order valence-electron chi connectivity index (χ4n) is 12.7. The molecule has 4 amide bonds. The van der Waals surface area contributed by atoms with E-state index in [0.29, 0.717) is 102 Å². The molecule has 0 aromatic carbocycles. The molecule has 7 atom stereocenters. The highest BCUT2D eigenvalue weighted by atomic mass is 32.1. The minimum atomic E-state index is -4.51. The van der Waals surface area contributed by atoms with E-state index in [0.717, 1.165) is 96.3 Å². The van der Waals surface area contributed by atoms with Crippen LogP contribution in [0.5, 0.6) is 0 Å². The van der Waals surface area contributed by atoms with E-state index in [1.807, 2.05) is 76.8 Å². The van der Waals surface area contributed by atoms with Gasteiger partial charge in [-0.3, -0.25) is 47.7 Å². The predicted octanol–water partition coefficient (Wildman–Crippen LogP) is 10.2. The highest BCUT2D eigenvalue weighted by Gasteiger charge is 2.46. The van der Waals surface area contributed by atoms with E-state index in [2.05, 4.69) is 79.9 Å². The molecule has 0 saturated heterocycles. The van der Waals surface area contributed by atoms with Gasteiger partial charge in [-0.25, -0.2) is 4.79 Å². The number of quaternary nitrogens is 3. The third-order valence-electron chi connectivity index (χ3n) is 20.3. The average molecular weight is 1730 g/mol. The zero-order valence-corrected chi connectivity index (χ0v) is 79.0. The summed E-state index contributed by atoms with van der Waals surface area (Å²) >= 11 is 13.6. The molecule has 7 unspecified atom stereocenters. The molecule has 0 rings (SSSR count). The molecule has 0 radical (unpaired) electrons. The Morgan fingerprint density at radius 3 is 1.05 bits per heavy atom. The molecule has 680 valence electrons. The number of carbonyl (C=O) groups excluding carboxylic acids is 10. The van der Waals surface area contributed by atoms with Crippen LogP contribution in [0.3, 0.4) is 0 Å². The van der Waals surface area contributed by atoms with Crippen LogP contribution < -0.4 is 31.3 Å². The van der Waals surface area contributed by atoms with Crippen molar-refractivity contribution < 1.29 is 119 Å². The minimum Gasteiger partial charge on any atom is -0.756 e. The van der Waals surface area contributed by atoms with Gasteiger partial charge in [0.25, 0.3) is 7.82 Å². The van der Waals surface area contributed by atoms with Crippen molar-refractivity contribution in [3.8, 4) is 0 Å². The summed E-state index contributed by atoms with van der Waals surface area (Å²) in [4.78, 5) is 147. The summed E-state index contributed by atoms with van der Waals surface area (Å²) in [5.41, 5.74) is -5.51. The molecule has 116 heavy (non-hydrogen) atoms. The van der Waals surface area contributed by atoms with Crippen LogP contribution in [0.4, 0.5) is 0 Å². The van der Waals surface area contributed by atoms with Crippen molar-refractivity contribution in [2.75, 3.05) is 154 Å². The molecule has 0 fully saturated rings. The lowest BCUT2D eigenvalue weighted by molar-refractivity contribution is -0.884. The normalized spacial score (nSPS) is 14.9. The number of rotatable bonds is 64. The number of esters is 5. The van der Waals surface area contributed by atoms with Crippen molar-refractivity contribution in [2.24, 2.45) is 32.5 Å². The van der Waals surface area contributed by atoms with Gasteiger partial charge in [-0.1, -0.05) is 93.9 Å². The first-order valence-corrected chi connectivity index (χ1v) is 45.0. The summed E-state index contributed by atoms with van der Waals surface area (Å²) in [6, 6.07) is 0. The first-order chi connectivity index (χ1) is 53.5. The van der Waals surface area contributed by atoms with Crippen LogP contribution in [-0.2, 0) is 90.0 Å². The molecule has 5 N–H and O–H groups in total. The molecule has 0 aliphatic carbocycles. The van der Waals surface area contributed by atoms with Gasteiger partial charge in [0.15, 0.2) is 6.54 Å². The summed E-state index contributed by atoms with van der Waals surface area (Å²) in [7, 11) is 8.33. The molecule has 29 nitrogen and oxygen atoms in total. The number of hydrogen-bond acceptors (Lipinski definition) is 24. The number of carboxylic acid groups (broad SMARTS) is 2. The van der Waals surface area contributed by atoms with Gasteiger partial charge in [0.2, 0.25) is 23.6 Å². The van der Waals surface area contributed by atoms with E-state index in [4.69, 9.17) is 37.8 Å². The number of nitrogens with one attached hydrogen (secondary N) is 4. The highest BCUT2D eigenvalue weighted by Crippen LogP contribution is 2.42. The van der Waals surface area contributed by atoms with Gasteiger partial charge in [0.05, 0.1) is 115 Å². The Balaban J connectivity index is -0.00000165. The second-order valence-corrected chi connectivity index (χ2v) is 39.5. The second-order valence-electron chi connectivity index (χ2n) is 35.9. The monoisotopic (exact) mass is 1730 g/mol. The molecular formula is C83H159N7O22PS3+. The molecule has 0 aromatic rings. The van der Waals surface area contributed by atoms with Gasteiger partial charge < -0.3 is 87.3 Å². The Hall–Kier alpha value is -4.79. The van der Waals surface area contributed by atoms with Crippen molar-refractivity contribution in [1.82, 2.24) is 21.3 Å². The fourth-order valence-corrected chi connectivity index (χ4v) is 14.7. The third-order valence-corrected chi connectivity index (χ3v) is 22.8. The number of aliphatic carboxylic acids is 2. The first kappa shape index (κ1) is 115. The number of likely N-dealkylation sites (N-methyl/N-ethyl adjacent to an activating group) is 3. The van der Waals surface area contributed by atoms with Crippen molar-refractivity contribution >= 4 is 111 Å². The zero-order valence-electron chi connectivity index (χ0n) is 75.4. The first-order valence-electron chi connectivity index (χ1n) is 42.0. The number of amides is 4. The standard InChI is InChI=1S/C28H53N3O6S.C28H55N2O9PS.C27H50N2O7S/c1-8-13-22(38)14-10-11-15-23(32)29-17-19-37-26(36)28(5,9-2)21-27(3,4)25(35)30-16-12-18-31(6,7)20-24(33)34;1-9-13-23(41)14-11-12-15-24(31)29-16-18-36-26(33)28(5,10-2)22-27(3,4)25(32)37-20-21-39-40(34,35)38-19-17-30(6,7)8;1-8-12-21(37)13-10-11-14-22(30)28-15-17-35-25(34)27(5,9-2)20-26(3,4)24(33)36-18-16-29(6,7)19-23(31)32/h22H,8-21H2,1-7H3,(H3-,29,30,32,33,34,35,38);23H,9-22H2,1-8H3,(H2-,29,31,34,35,41);21H,8-20H2,1-7H3,(H2-,28,30,31,32,37)/p+1. The minimum absolute atomic E-state index is 0.0224. The van der Waals surface area contributed by atoms with Gasteiger partial charge in [0.1, 0.15) is 59.3 Å². The Kier molecular flexibility index (Phi) is 58.7. The molecular weight excluding hydrogens is 1570 g/mol. The number of phosphoric ester groups is 1. The van der Waals surface area contributed by atoms with E-state index in [-0.39, 0.29) is 126 Å². The Morgan fingerprint density at radius 1 is 0.397 bits per heavy atom. The zero-order chi connectivity index (χ0) is 89.9. The van der Waals surface area contributed by atoms with Gasteiger partial charge in [-0.15, -0.1) is 0 Å². The van der Waals surface area contributed by atoms with E-state index in [9.17, 15) is 67.3 Å². The lowest BCUT2D eigenvalue weighted by Gasteiger charge is -2.34. The maximum atomic E-state index is 12.9. The Bertz CT molecular complexity index is 2960. The summed E-state index contributed by atoms with van der Waals surface area (Å²) in [5, 5.41) is 32.3. The third kappa shape index (κ3) is 56.7. The quantitative estimate of drug-likeness (QED) is 0.00700. The van der Waals surface area contributed by atoms with E-state index >= 15 is 0 Å². The number of hydrogen-bond donors (Lipinski definition) is 8. The van der Waals surface area contributed by atoms with Gasteiger partial charge in [0, 0.05) is 53.4 Å². The maximum Gasteiger partial charge on any atom is 0.359 e. The lowest BCUT2D eigenvalue weighted by atomic mass is 9.72. The summed E-state index contributed by atoms with van der Waals surface area (Å²) < 4.78 is 49.5. The van der Waals surface area contributed by atoms with Crippen LogP contribution >= 0.6 is 45.7 Å².